The SMILES string of the molecule is O=C1c2oc3ccc(F)cc3c(=O)c2C(c2ccccc2F)N1c1ccc(Br)cc1. The molecule has 30 heavy (non-hydrogen) atoms. The summed E-state index contributed by atoms with van der Waals surface area (Å²) < 4.78 is 35.1. The number of benzene rings is 3. The first-order valence-electron chi connectivity index (χ1n) is 9.05. The Hall–Kier alpha value is -3.32. The normalized spacial score (nSPS) is 15.6. The van der Waals surface area contributed by atoms with E-state index in [4.69, 9.17) is 4.42 Å². The molecule has 1 atom stereocenters. The molecular weight excluding hydrogens is 456 g/mol. The number of nitrogens with zero attached hydrogens (tertiary/aromatic N) is 1. The molecule has 7 heteroatoms. The van der Waals surface area contributed by atoms with Crippen LogP contribution >= 0.6 is 15.9 Å². The van der Waals surface area contributed by atoms with E-state index >= 15 is 0 Å². The van der Waals surface area contributed by atoms with Gasteiger partial charge < -0.3 is 4.42 Å². The topological polar surface area (TPSA) is 50.5 Å². The highest BCUT2D eigenvalue weighted by Gasteiger charge is 2.44. The maximum absolute atomic E-state index is 14.8. The van der Waals surface area contributed by atoms with Gasteiger partial charge in [0.2, 0.25) is 5.76 Å². The molecule has 0 N–H and O–H groups in total. The van der Waals surface area contributed by atoms with Crippen molar-refractivity contribution in [2.75, 3.05) is 4.90 Å². The van der Waals surface area contributed by atoms with E-state index in [-0.39, 0.29) is 27.9 Å². The lowest BCUT2D eigenvalue weighted by Crippen LogP contribution is -2.30. The van der Waals surface area contributed by atoms with E-state index in [1.807, 2.05) is 0 Å². The zero-order valence-electron chi connectivity index (χ0n) is 15.2. The molecule has 1 amide bonds. The first kappa shape index (κ1) is 18.7. The van der Waals surface area contributed by atoms with Crippen molar-refractivity contribution in [3.05, 3.63) is 110 Å². The highest BCUT2D eigenvalue weighted by molar-refractivity contribution is 9.10. The first-order valence-corrected chi connectivity index (χ1v) is 9.85. The Morgan fingerprint density at radius 3 is 2.40 bits per heavy atom. The summed E-state index contributed by atoms with van der Waals surface area (Å²) in [6.45, 7) is 0. The van der Waals surface area contributed by atoms with Gasteiger partial charge in [-0.2, -0.15) is 0 Å². The summed E-state index contributed by atoms with van der Waals surface area (Å²) in [6, 6.07) is 15.3. The quantitative estimate of drug-likeness (QED) is 0.386. The highest BCUT2D eigenvalue weighted by atomic mass is 79.9. The second-order valence-corrected chi connectivity index (χ2v) is 7.81. The molecule has 0 aliphatic carbocycles. The summed E-state index contributed by atoms with van der Waals surface area (Å²) in [4.78, 5) is 28.0. The van der Waals surface area contributed by atoms with Crippen molar-refractivity contribution in [2.24, 2.45) is 0 Å². The number of hydrogen-bond donors (Lipinski definition) is 0. The van der Waals surface area contributed by atoms with Gasteiger partial charge in [-0.15, -0.1) is 0 Å². The van der Waals surface area contributed by atoms with Crippen LogP contribution in [0, 0.1) is 11.6 Å². The van der Waals surface area contributed by atoms with Gasteiger partial charge >= 0.3 is 0 Å². The minimum absolute atomic E-state index is 0.000505. The van der Waals surface area contributed by atoms with Crippen molar-refractivity contribution in [3.8, 4) is 0 Å². The van der Waals surface area contributed by atoms with Crippen LogP contribution in [0.15, 0.2) is 80.4 Å². The third-order valence-corrected chi connectivity index (χ3v) is 5.67. The van der Waals surface area contributed by atoms with Crippen molar-refractivity contribution < 1.29 is 18.0 Å². The van der Waals surface area contributed by atoms with Crippen LogP contribution < -0.4 is 10.3 Å². The van der Waals surface area contributed by atoms with Gasteiger partial charge in [0.15, 0.2) is 5.43 Å². The van der Waals surface area contributed by atoms with Crippen LogP contribution in [-0.2, 0) is 0 Å². The number of rotatable bonds is 2. The van der Waals surface area contributed by atoms with Crippen LogP contribution in [0.1, 0.15) is 27.7 Å². The molecule has 1 unspecified atom stereocenters. The van der Waals surface area contributed by atoms with Crippen molar-refractivity contribution in [1.29, 1.82) is 0 Å². The second kappa shape index (κ2) is 6.88. The van der Waals surface area contributed by atoms with Crippen molar-refractivity contribution >= 4 is 38.5 Å². The fraction of sp³-hybridized carbons (Fsp3) is 0.0435. The number of amides is 1. The third kappa shape index (κ3) is 2.77. The number of halogens is 3. The van der Waals surface area contributed by atoms with Crippen molar-refractivity contribution in [2.45, 2.75) is 6.04 Å². The van der Waals surface area contributed by atoms with E-state index in [2.05, 4.69) is 15.9 Å². The molecule has 5 rings (SSSR count). The average Bonchev–Trinajstić information content (AvgIpc) is 3.02. The third-order valence-electron chi connectivity index (χ3n) is 5.14. The van der Waals surface area contributed by atoms with Gasteiger partial charge in [0, 0.05) is 15.7 Å². The Bertz CT molecular complexity index is 1380. The molecule has 4 aromatic rings. The van der Waals surface area contributed by atoms with Gasteiger partial charge in [0.25, 0.3) is 5.91 Å². The largest absolute Gasteiger partial charge is 0.450 e. The van der Waals surface area contributed by atoms with Crippen LogP contribution in [0.5, 0.6) is 0 Å². The molecule has 1 aliphatic rings. The van der Waals surface area contributed by atoms with Crippen LogP contribution in [0.25, 0.3) is 11.0 Å². The molecule has 0 spiro atoms. The predicted molar refractivity (Wildman–Crippen MR) is 112 cm³/mol. The molecule has 4 nitrogen and oxygen atoms in total. The molecule has 1 aromatic heterocycles. The maximum atomic E-state index is 14.8. The molecule has 1 aliphatic heterocycles. The summed E-state index contributed by atoms with van der Waals surface area (Å²) in [7, 11) is 0. The minimum Gasteiger partial charge on any atom is -0.450 e. The molecule has 0 saturated heterocycles. The highest BCUT2D eigenvalue weighted by Crippen LogP contribution is 2.42. The summed E-state index contributed by atoms with van der Waals surface area (Å²) >= 11 is 3.35. The van der Waals surface area contributed by atoms with E-state index in [9.17, 15) is 18.4 Å². The van der Waals surface area contributed by atoms with E-state index in [0.29, 0.717) is 5.69 Å². The Labute approximate surface area is 177 Å². The van der Waals surface area contributed by atoms with Gasteiger partial charge in [-0.25, -0.2) is 8.78 Å². The lowest BCUT2D eigenvalue weighted by atomic mass is 9.97. The lowest BCUT2D eigenvalue weighted by Gasteiger charge is -2.25. The van der Waals surface area contributed by atoms with Gasteiger partial charge in [-0.1, -0.05) is 34.1 Å². The average molecular weight is 468 g/mol. The predicted octanol–water partition coefficient (Wildman–Crippen LogP) is 5.58. The number of anilines is 1. The number of carbonyl (C=O) groups excluding carboxylic acids is 1. The van der Waals surface area contributed by atoms with Crippen LogP contribution in [0.4, 0.5) is 14.5 Å². The summed E-state index contributed by atoms with van der Waals surface area (Å²) in [5, 5.41) is 0.000505. The second-order valence-electron chi connectivity index (χ2n) is 6.89. The first-order chi connectivity index (χ1) is 14.5. The van der Waals surface area contributed by atoms with Gasteiger partial charge in [0.1, 0.15) is 17.2 Å². The standard InChI is InChI=1S/C23H12BrF2NO3/c24-12-5-8-14(9-6-12)27-20(15-3-1-2-4-17(15)26)19-21(28)16-11-13(25)7-10-18(16)30-22(19)23(27)29/h1-11,20H. The molecule has 148 valence electrons. The molecular formula is C23H12BrF2NO3. The zero-order valence-corrected chi connectivity index (χ0v) is 16.8. The monoisotopic (exact) mass is 467 g/mol. The summed E-state index contributed by atoms with van der Waals surface area (Å²) in [6.07, 6.45) is 0. The van der Waals surface area contributed by atoms with E-state index < -0.39 is 29.0 Å². The molecule has 0 fully saturated rings. The van der Waals surface area contributed by atoms with Crippen LogP contribution in [-0.4, -0.2) is 5.91 Å². The van der Waals surface area contributed by atoms with Gasteiger partial charge in [0.05, 0.1) is 17.0 Å². The Kier molecular flexibility index (Phi) is 4.29. The fourth-order valence-corrected chi connectivity index (χ4v) is 4.07. The van der Waals surface area contributed by atoms with Crippen LogP contribution in [0.3, 0.4) is 0 Å². The minimum atomic E-state index is -1.04. The molecule has 0 radical (unpaired) electrons. The Morgan fingerprint density at radius 1 is 0.933 bits per heavy atom. The van der Waals surface area contributed by atoms with E-state index in [0.717, 1.165) is 16.6 Å². The molecule has 3 aromatic carbocycles. The zero-order chi connectivity index (χ0) is 21.0. The fourth-order valence-electron chi connectivity index (χ4n) is 3.80. The van der Waals surface area contributed by atoms with E-state index in [1.54, 1.807) is 30.3 Å². The molecule has 2 heterocycles. The maximum Gasteiger partial charge on any atom is 0.295 e. The number of hydrogen-bond acceptors (Lipinski definition) is 3. The summed E-state index contributed by atoms with van der Waals surface area (Å²) in [5.41, 5.74) is 0.143. The molecule has 0 bridgehead atoms. The smallest absolute Gasteiger partial charge is 0.295 e. The van der Waals surface area contributed by atoms with E-state index in [1.165, 1.54) is 29.2 Å². The van der Waals surface area contributed by atoms with Gasteiger partial charge in [-0.05, 0) is 48.5 Å². The summed E-state index contributed by atoms with van der Waals surface area (Å²) in [5.74, 6) is -1.91. The Morgan fingerprint density at radius 2 is 1.67 bits per heavy atom. The number of fused-ring (bicyclic) bond motifs is 2. The van der Waals surface area contributed by atoms with Gasteiger partial charge in [-0.3, -0.25) is 14.5 Å². The van der Waals surface area contributed by atoms with Crippen molar-refractivity contribution in [1.82, 2.24) is 0 Å². The van der Waals surface area contributed by atoms with Crippen molar-refractivity contribution in [3.63, 3.8) is 0 Å². The Balaban J connectivity index is 1.84. The molecule has 0 saturated carbocycles. The lowest BCUT2D eigenvalue weighted by molar-refractivity contribution is 0.0971. The number of carbonyl (C=O) groups is 1. The van der Waals surface area contributed by atoms with Crippen LogP contribution in [0.2, 0.25) is 0 Å².